The summed E-state index contributed by atoms with van der Waals surface area (Å²) in [5, 5.41) is 11.7. The third-order valence-corrected chi connectivity index (χ3v) is 3.70. The number of carbonyl (C=O) groups excluding carboxylic acids is 2. The number of nitrogens with zero attached hydrogens (tertiary/aromatic N) is 1. The van der Waals surface area contributed by atoms with Crippen molar-refractivity contribution >= 4 is 11.8 Å². The quantitative estimate of drug-likeness (QED) is 0.684. The molecule has 1 rings (SSSR count). The molecule has 0 aromatic heterocycles. The minimum absolute atomic E-state index is 0.0723. The van der Waals surface area contributed by atoms with E-state index in [2.05, 4.69) is 5.32 Å². The number of carbonyl (C=O) groups is 2. The van der Waals surface area contributed by atoms with Gasteiger partial charge in [0.05, 0.1) is 6.61 Å². The normalized spacial score (nSPS) is 11.8. The summed E-state index contributed by atoms with van der Waals surface area (Å²) in [6, 6.07) is 7.31. The van der Waals surface area contributed by atoms with Gasteiger partial charge in [0.15, 0.2) is 0 Å². The lowest BCUT2D eigenvalue weighted by atomic mass is 10.0. The van der Waals surface area contributed by atoms with Gasteiger partial charge in [-0.2, -0.15) is 0 Å². The van der Waals surface area contributed by atoms with E-state index in [4.69, 9.17) is 5.11 Å². The standard InChI is InChI=1S/C18H28N2O3/c1-14(13-21)19-18(23)16-10-7-9-15(12-16)8-5-4-6-11-17(22)20(2)3/h7,9-10,12,14,21H,4-6,8,11,13H2,1-3H3,(H,19,23)/t14-/m0/s1. The lowest BCUT2D eigenvalue weighted by Crippen LogP contribution is -2.34. The lowest BCUT2D eigenvalue weighted by molar-refractivity contribution is -0.128. The molecule has 128 valence electrons. The number of hydrogen-bond donors (Lipinski definition) is 2. The molecule has 23 heavy (non-hydrogen) atoms. The minimum atomic E-state index is -0.250. The Kier molecular flexibility index (Phi) is 8.33. The van der Waals surface area contributed by atoms with Crippen LogP contribution in [0.25, 0.3) is 0 Å². The first kappa shape index (κ1) is 19.2. The molecule has 1 aromatic carbocycles. The summed E-state index contributed by atoms with van der Waals surface area (Å²) in [5.74, 6) is 0.00616. The number of aryl methyl sites for hydroxylation is 1. The maximum Gasteiger partial charge on any atom is 0.251 e. The van der Waals surface area contributed by atoms with Crippen LogP contribution in [0.2, 0.25) is 0 Å². The SMILES string of the molecule is C[C@@H](CO)NC(=O)c1cccc(CCCCCC(=O)N(C)C)c1. The second-order valence-electron chi connectivity index (χ2n) is 6.11. The summed E-state index contributed by atoms with van der Waals surface area (Å²) in [5.41, 5.74) is 1.74. The molecule has 0 aliphatic rings. The van der Waals surface area contributed by atoms with E-state index in [0.717, 1.165) is 31.2 Å². The molecular formula is C18H28N2O3. The molecule has 0 saturated carbocycles. The predicted octanol–water partition coefficient (Wildman–Crippen LogP) is 1.99. The van der Waals surface area contributed by atoms with Crippen molar-refractivity contribution in [2.75, 3.05) is 20.7 Å². The van der Waals surface area contributed by atoms with Crippen molar-refractivity contribution in [3.8, 4) is 0 Å². The molecular weight excluding hydrogens is 292 g/mol. The molecule has 0 aliphatic carbocycles. The average molecular weight is 320 g/mol. The summed E-state index contributed by atoms with van der Waals surface area (Å²) < 4.78 is 0. The van der Waals surface area contributed by atoms with E-state index >= 15 is 0 Å². The van der Waals surface area contributed by atoms with E-state index in [9.17, 15) is 9.59 Å². The highest BCUT2D eigenvalue weighted by atomic mass is 16.3. The number of aliphatic hydroxyl groups is 1. The van der Waals surface area contributed by atoms with Crippen LogP contribution in [0.1, 0.15) is 48.5 Å². The number of amides is 2. The number of rotatable bonds is 9. The smallest absolute Gasteiger partial charge is 0.251 e. The highest BCUT2D eigenvalue weighted by Gasteiger charge is 2.09. The van der Waals surface area contributed by atoms with Crippen molar-refractivity contribution in [2.45, 2.75) is 45.1 Å². The number of benzene rings is 1. The number of nitrogens with one attached hydrogen (secondary N) is 1. The van der Waals surface area contributed by atoms with Gasteiger partial charge in [-0.1, -0.05) is 18.6 Å². The second kappa shape index (κ2) is 10.0. The predicted molar refractivity (Wildman–Crippen MR) is 91.3 cm³/mol. The maximum absolute atomic E-state index is 12.0. The topological polar surface area (TPSA) is 69.6 Å². The molecule has 0 spiro atoms. The third-order valence-electron chi connectivity index (χ3n) is 3.70. The molecule has 0 saturated heterocycles. The summed E-state index contributed by atoms with van der Waals surface area (Å²) in [7, 11) is 3.55. The van der Waals surface area contributed by atoms with Gasteiger partial charge in [-0.15, -0.1) is 0 Å². The van der Waals surface area contributed by atoms with E-state index in [0.29, 0.717) is 12.0 Å². The lowest BCUT2D eigenvalue weighted by Gasteiger charge is -2.11. The molecule has 0 unspecified atom stereocenters. The van der Waals surface area contributed by atoms with Crippen LogP contribution in [0.3, 0.4) is 0 Å². The zero-order valence-corrected chi connectivity index (χ0v) is 14.3. The van der Waals surface area contributed by atoms with E-state index in [1.54, 1.807) is 32.0 Å². The van der Waals surface area contributed by atoms with E-state index in [1.807, 2.05) is 18.2 Å². The van der Waals surface area contributed by atoms with Crippen molar-refractivity contribution in [3.05, 3.63) is 35.4 Å². The van der Waals surface area contributed by atoms with Gasteiger partial charge < -0.3 is 15.3 Å². The Morgan fingerprint density at radius 2 is 1.96 bits per heavy atom. The van der Waals surface area contributed by atoms with Crippen LogP contribution < -0.4 is 5.32 Å². The summed E-state index contributed by atoms with van der Waals surface area (Å²) in [6.07, 6.45) is 4.38. The van der Waals surface area contributed by atoms with Crippen molar-refractivity contribution in [1.29, 1.82) is 0 Å². The van der Waals surface area contributed by atoms with E-state index in [1.165, 1.54) is 0 Å². The molecule has 2 N–H and O–H groups in total. The fourth-order valence-corrected chi connectivity index (χ4v) is 2.23. The zero-order valence-electron chi connectivity index (χ0n) is 14.3. The van der Waals surface area contributed by atoms with Gasteiger partial charge in [0.1, 0.15) is 0 Å². The molecule has 0 heterocycles. The van der Waals surface area contributed by atoms with Crippen molar-refractivity contribution in [3.63, 3.8) is 0 Å². The largest absolute Gasteiger partial charge is 0.394 e. The van der Waals surface area contributed by atoms with Gasteiger partial charge in [0.2, 0.25) is 5.91 Å². The van der Waals surface area contributed by atoms with Gasteiger partial charge in [0.25, 0.3) is 5.91 Å². The maximum atomic E-state index is 12.0. The Labute approximate surface area is 138 Å². The molecule has 1 aromatic rings. The Bertz CT molecular complexity index is 515. The highest BCUT2D eigenvalue weighted by Crippen LogP contribution is 2.11. The number of aliphatic hydroxyl groups excluding tert-OH is 1. The fraction of sp³-hybridized carbons (Fsp3) is 0.556. The summed E-state index contributed by atoms with van der Waals surface area (Å²) in [6.45, 7) is 1.69. The first-order valence-corrected chi connectivity index (χ1v) is 8.15. The van der Waals surface area contributed by atoms with Gasteiger partial charge in [0, 0.05) is 32.1 Å². The van der Waals surface area contributed by atoms with Gasteiger partial charge in [-0.25, -0.2) is 0 Å². The number of hydrogen-bond acceptors (Lipinski definition) is 3. The molecule has 0 fully saturated rings. The molecule has 2 amide bonds. The van der Waals surface area contributed by atoms with Crippen LogP contribution in [0.5, 0.6) is 0 Å². The fourth-order valence-electron chi connectivity index (χ4n) is 2.23. The molecule has 1 atom stereocenters. The van der Waals surface area contributed by atoms with Crippen LogP contribution in [0.15, 0.2) is 24.3 Å². The van der Waals surface area contributed by atoms with Crippen LogP contribution in [-0.2, 0) is 11.2 Å². The summed E-state index contributed by atoms with van der Waals surface area (Å²) in [4.78, 5) is 25.1. The summed E-state index contributed by atoms with van der Waals surface area (Å²) >= 11 is 0. The third kappa shape index (κ3) is 7.28. The minimum Gasteiger partial charge on any atom is -0.394 e. The first-order chi connectivity index (χ1) is 10.9. The van der Waals surface area contributed by atoms with Crippen LogP contribution in [0.4, 0.5) is 0 Å². The zero-order chi connectivity index (χ0) is 17.2. The van der Waals surface area contributed by atoms with Gasteiger partial charge in [-0.05, 0) is 43.9 Å². The molecule has 5 heteroatoms. The van der Waals surface area contributed by atoms with E-state index in [-0.39, 0.29) is 24.5 Å². The monoisotopic (exact) mass is 320 g/mol. The highest BCUT2D eigenvalue weighted by molar-refractivity contribution is 5.94. The van der Waals surface area contributed by atoms with Crippen molar-refractivity contribution < 1.29 is 14.7 Å². The molecule has 5 nitrogen and oxygen atoms in total. The van der Waals surface area contributed by atoms with Crippen LogP contribution in [-0.4, -0.2) is 48.6 Å². The Morgan fingerprint density at radius 3 is 2.61 bits per heavy atom. The molecule has 0 aliphatic heterocycles. The van der Waals surface area contributed by atoms with E-state index < -0.39 is 0 Å². The molecule has 0 bridgehead atoms. The Morgan fingerprint density at radius 1 is 1.22 bits per heavy atom. The molecule has 0 radical (unpaired) electrons. The Balaban J connectivity index is 2.39. The second-order valence-corrected chi connectivity index (χ2v) is 6.11. The van der Waals surface area contributed by atoms with Crippen LogP contribution in [0, 0.1) is 0 Å². The van der Waals surface area contributed by atoms with Gasteiger partial charge in [-0.3, -0.25) is 9.59 Å². The number of unbranched alkanes of at least 4 members (excludes halogenated alkanes) is 2. The average Bonchev–Trinajstić information content (AvgIpc) is 2.54. The van der Waals surface area contributed by atoms with Gasteiger partial charge >= 0.3 is 0 Å². The van der Waals surface area contributed by atoms with Crippen LogP contribution >= 0.6 is 0 Å². The van der Waals surface area contributed by atoms with Crippen molar-refractivity contribution in [1.82, 2.24) is 10.2 Å². The Hall–Kier alpha value is -1.88. The first-order valence-electron chi connectivity index (χ1n) is 8.15. The van der Waals surface area contributed by atoms with Crippen molar-refractivity contribution in [2.24, 2.45) is 0 Å².